The van der Waals surface area contributed by atoms with Gasteiger partial charge >= 0.3 is 0 Å². The molecule has 0 saturated carbocycles. The van der Waals surface area contributed by atoms with Gasteiger partial charge in [0.15, 0.2) is 0 Å². The summed E-state index contributed by atoms with van der Waals surface area (Å²) in [4.78, 5) is 23.7. The van der Waals surface area contributed by atoms with Crippen molar-refractivity contribution in [2.45, 2.75) is 6.54 Å². The average Bonchev–Trinajstić information content (AvgIpc) is 2.53. The summed E-state index contributed by atoms with van der Waals surface area (Å²) < 4.78 is 27.0. The maximum Gasteiger partial charge on any atom is 0.269 e. The molecule has 2 rings (SSSR count). The summed E-state index contributed by atoms with van der Waals surface area (Å²) in [5.41, 5.74) is -0.178. The van der Waals surface area contributed by atoms with E-state index in [0.29, 0.717) is 10.6 Å². The van der Waals surface area contributed by atoms with Gasteiger partial charge in [0.25, 0.3) is 5.69 Å². The number of rotatable bonds is 6. The Morgan fingerprint density at radius 1 is 1.28 bits per heavy atom. The maximum atomic E-state index is 13.5. The molecule has 132 valence electrons. The lowest BCUT2D eigenvalue weighted by molar-refractivity contribution is -0.384. The third kappa shape index (κ3) is 4.94. The summed E-state index contributed by atoms with van der Waals surface area (Å²) in [5.74, 6) is -2.39. The van der Waals surface area contributed by atoms with E-state index in [2.05, 4.69) is 5.32 Å². The van der Waals surface area contributed by atoms with Gasteiger partial charge in [-0.05, 0) is 30.8 Å². The van der Waals surface area contributed by atoms with Crippen molar-refractivity contribution in [2.75, 3.05) is 18.9 Å². The topological polar surface area (TPSA) is 75.5 Å². The number of likely N-dealkylation sites (N-methyl/N-ethyl adjacent to an activating group) is 1. The molecular formula is C16H14ClF2N3O3. The number of hydrogen-bond donors (Lipinski definition) is 1. The lowest BCUT2D eigenvalue weighted by Gasteiger charge is -2.17. The van der Waals surface area contributed by atoms with Crippen LogP contribution in [0, 0.1) is 21.7 Å². The molecule has 2 aromatic carbocycles. The molecule has 25 heavy (non-hydrogen) atoms. The van der Waals surface area contributed by atoms with Crippen molar-refractivity contribution in [3.63, 3.8) is 0 Å². The number of benzene rings is 2. The Labute approximate surface area is 147 Å². The number of amides is 1. The fourth-order valence-electron chi connectivity index (χ4n) is 2.18. The quantitative estimate of drug-likeness (QED) is 0.623. The molecule has 0 radical (unpaired) electrons. The van der Waals surface area contributed by atoms with Crippen LogP contribution in [0.5, 0.6) is 0 Å². The number of non-ortho nitro benzene ring substituents is 1. The number of nitro groups is 1. The normalized spacial score (nSPS) is 10.8. The first-order valence-electron chi connectivity index (χ1n) is 7.13. The zero-order valence-corrected chi connectivity index (χ0v) is 13.9. The monoisotopic (exact) mass is 369 g/mol. The number of halogens is 3. The van der Waals surface area contributed by atoms with E-state index in [4.69, 9.17) is 11.6 Å². The van der Waals surface area contributed by atoms with Crippen LogP contribution in [0.15, 0.2) is 36.4 Å². The Hall–Kier alpha value is -2.58. The highest BCUT2D eigenvalue weighted by atomic mass is 35.5. The molecule has 6 nitrogen and oxygen atoms in total. The second-order valence-corrected chi connectivity index (χ2v) is 5.76. The molecule has 1 amide bonds. The zero-order valence-electron chi connectivity index (χ0n) is 13.1. The van der Waals surface area contributed by atoms with E-state index in [-0.39, 0.29) is 18.8 Å². The highest BCUT2D eigenvalue weighted by Crippen LogP contribution is 2.23. The number of hydrogen-bond acceptors (Lipinski definition) is 4. The van der Waals surface area contributed by atoms with Crippen LogP contribution in [0.25, 0.3) is 0 Å². The van der Waals surface area contributed by atoms with E-state index in [1.807, 2.05) is 0 Å². The molecule has 0 fully saturated rings. The molecule has 0 bridgehead atoms. The Kier molecular flexibility index (Phi) is 6.00. The summed E-state index contributed by atoms with van der Waals surface area (Å²) in [7, 11) is 1.58. The summed E-state index contributed by atoms with van der Waals surface area (Å²) in [6.07, 6.45) is 0. The summed E-state index contributed by atoms with van der Waals surface area (Å²) in [6, 6.07) is 7.25. The fraction of sp³-hybridized carbons (Fsp3) is 0.188. The zero-order chi connectivity index (χ0) is 18.6. The van der Waals surface area contributed by atoms with Crippen molar-refractivity contribution in [3.05, 3.63) is 68.7 Å². The van der Waals surface area contributed by atoms with Crippen molar-refractivity contribution in [3.8, 4) is 0 Å². The Morgan fingerprint density at radius 3 is 2.52 bits per heavy atom. The molecule has 0 aliphatic heterocycles. The number of carbonyl (C=O) groups is 1. The van der Waals surface area contributed by atoms with Crippen LogP contribution < -0.4 is 5.32 Å². The van der Waals surface area contributed by atoms with Crippen molar-refractivity contribution < 1.29 is 18.5 Å². The standard InChI is InChI=1S/C16H14ClF2N3O3/c1-21(8-10-7-11(22(24)25)5-6-12(10)17)9-15(23)20-16-13(18)3-2-4-14(16)19/h2-7H,8-9H2,1H3,(H,20,23). The van der Waals surface area contributed by atoms with Crippen molar-refractivity contribution in [1.29, 1.82) is 0 Å². The van der Waals surface area contributed by atoms with E-state index in [0.717, 1.165) is 12.1 Å². The van der Waals surface area contributed by atoms with Gasteiger partial charge in [-0.3, -0.25) is 19.8 Å². The largest absolute Gasteiger partial charge is 0.320 e. The lowest BCUT2D eigenvalue weighted by atomic mass is 10.2. The van der Waals surface area contributed by atoms with E-state index in [9.17, 15) is 23.7 Å². The second-order valence-electron chi connectivity index (χ2n) is 5.35. The summed E-state index contributed by atoms with van der Waals surface area (Å²) in [6.45, 7) is -0.0412. The van der Waals surface area contributed by atoms with Gasteiger partial charge in [0.05, 0.1) is 11.5 Å². The van der Waals surface area contributed by atoms with Gasteiger partial charge in [-0.15, -0.1) is 0 Å². The second kappa shape index (κ2) is 8.00. The van der Waals surface area contributed by atoms with Gasteiger partial charge < -0.3 is 5.32 Å². The minimum atomic E-state index is -0.877. The SMILES string of the molecule is CN(CC(=O)Nc1c(F)cccc1F)Cc1cc([N+](=O)[O-])ccc1Cl. The van der Waals surface area contributed by atoms with Gasteiger partial charge in [0.1, 0.15) is 17.3 Å². The van der Waals surface area contributed by atoms with Gasteiger partial charge in [0.2, 0.25) is 5.91 Å². The first kappa shape index (κ1) is 18.8. The molecule has 0 aliphatic rings. The molecule has 0 unspecified atom stereocenters. The number of para-hydroxylation sites is 1. The maximum absolute atomic E-state index is 13.5. The molecular weight excluding hydrogens is 356 g/mol. The molecule has 9 heteroatoms. The lowest BCUT2D eigenvalue weighted by Crippen LogP contribution is -2.30. The van der Waals surface area contributed by atoms with Crippen LogP contribution in [0.3, 0.4) is 0 Å². The highest BCUT2D eigenvalue weighted by Gasteiger charge is 2.15. The number of carbonyl (C=O) groups excluding carboxylic acids is 1. The van der Waals surface area contributed by atoms with Crippen LogP contribution in [-0.2, 0) is 11.3 Å². The van der Waals surface area contributed by atoms with Crippen LogP contribution in [0.2, 0.25) is 5.02 Å². The van der Waals surface area contributed by atoms with E-state index >= 15 is 0 Å². The number of nitrogens with zero attached hydrogens (tertiary/aromatic N) is 2. The van der Waals surface area contributed by atoms with E-state index in [1.165, 1.54) is 29.2 Å². The third-order valence-electron chi connectivity index (χ3n) is 3.32. The molecule has 0 aromatic heterocycles. The minimum Gasteiger partial charge on any atom is -0.320 e. The minimum absolute atomic E-state index is 0.120. The van der Waals surface area contributed by atoms with Crippen LogP contribution in [0.1, 0.15) is 5.56 Å². The van der Waals surface area contributed by atoms with E-state index in [1.54, 1.807) is 7.05 Å². The number of anilines is 1. The van der Waals surface area contributed by atoms with Gasteiger partial charge in [-0.25, -0.2) is 8.78 Å². The predicted octanol–water partition coefficient (Wildman–Crippen LogP) is 3.60. The van der Waals surface area contributed by atoms with Gasteiger partial charge in [0, 0.05) is 23.7 Å². The molecule has 2 aromatic rings. The van der Waals surface area contributed by atoms with E-state index < -0.39 is 28.2 Å². The summed E-state index contributed by atoms with van der Waals surface area (Å²) in [5, 5.41) is 13.3. The first-order chi connectivity index (χ1) is 11.8. The van der Waals surface area contributed by atoms with Crippen LogP contribution >= 0.6 is 11.6 Å². The molecule has 0 heterocycles. The van der Waals surface area contributed by atoms with Gasteiger partial charge in [-0.1, -0.05) is 17.7 Å². The predicted molar refractivity (Wildman–Crippen MR) is 89.4 cm³/mol. The molecule has 0 atom stereocenters. The average molecular weight is 370 g/mol. The molecule has 0 saturated heterocycles. The smallest absolute Gasteiger partial charge is 0.269 e. The Bertz CT molecular complexity index is 797. The van der Waals surface area contributed by atoms with Crippen LogP contribution in [0.4, 0.5) is 20.2 Å². The molecule has 0 spiro atoms. The van der Waals surface area contributed by atoms with Crippen molar-refractivity contribution in [2.24, 2.45) is 0 Å². The van der Waals surface area contributed by atoms with Gasteiger partial charge in [-0.2, -0.15) is 0 Å². The Balaban J connectivity index is 2.03. The molecule has 0 aliphatic carbocycles. The van der Waals surface area contributed by atoms with Crippen LogP contribution in [-0.4, -0.2) is 29.3 Å². The number of nitro benzene ring substituents is 1. The first-order valence-corrected chi connectivity index (χ1v) is 7.51. The Morgan fingerprint density at radius 2 is 1.92 bits per heavy atom. The highest BCUT2D eigenvalue weighted by molar-refractivity contribution is 6.31. The van der Waals surface area contributed by atoms with Crippen molar-refractivity contribution in [1.82, 2.24) is 4.90 Å². The summed E-state index contributed by atoms with van der Waals surface area (Å²) >= 11 is 6.00. The van der Waals surface area contributed by atoms with Crippen molar-refractivity contribution >= 4 is 28.9 Å². The number of nitrogens with one attached hydrogen (secondary N) is 1. The fourth-order valence-corrected chi connectivity index (χ4v) is 2.36. The molecule has 1 N–H and O–H groups in total. The third-order valence-corrected chi connectivity index (χ3v) is 3.69.